The molecule has 0 radical (unpaired) electrons. The highest BCUT2D eigenvalue weighted by Gasteiger charge is 2.24. The van der Waals surface area contributed by atoms with Crippen molar-refractivity contribution in [2.24, 2.45) is 0 Å². The highest BCUT2D eigenvalue weighted by Crippen LogP contribution is 2.21. The topological polar surface area (TPSA) is 49.4 Å². The van der Waals surface area contributed by atoms with E-state index in [9.17, 15) is 9.59 Å². The molecule has 114 valence electrons. The van der Waals surface area contributed by atoms with E-state index in [4.69, 9.17) is 11.6 Å². The minimum Gasteiger partial charge on any atom is -0.353 e. The van der Waals surface area contributed by atoms with E-state index in [2.05, 4.69) is 5.32 Å². The van der Waals surface area contributed by atoms with Crippen molar-refractivity contribution in [1.82, 2.24) is 10.2 Å². The van der Waals surface area contributed by atoms with Gasteiger partial charge >= 0.3 is 0 Å². The number of halogens is 1. The molecule has 2 amide bonds. The van der Waals surface area contributed by atoms with Crippen molar-refractivity contribution in [3.05, 3.63) is 29.3 Å². The molecule has 0 bridgehead atoms. The van der Waals surface area contributed by atoms with Gasteiger partial charge in [0.05, 0.1) is 0 Å². The van der Waals surface area contributed by atoms with Crippen LogP contribution in [0.2, 0.25) is 5.02 Å². The van der Waals surface area contributed by atoms with Crippen molar-refractivity contribution in [3.63, 3.8) is 0 Å². The van der Waals surface area contributed by atoms with Crippen LogP contribution in [0.4, 0.5) is 0 Å². The monoisotopic (exact) mass is 326 g/mol. The lowest BCUT2D eigenvalue weighted by Crippen LogP contribution is -2.46. The molecule has 1 heterocycles. The third-order valence-electron chi connectivity index (χ3n) is 3.44. The second-order valence-electron chi connectivity index (χ2n) is 5.12. The van der Waals surface area contributed by atoms with E-state index in [0.29, 0.717) is 30.2 Å². The van der Waals surface area contributed by atoms with Gasteiger partial charge in [0.25, 0.3) is 0 Å². The number of nitrogens with zero attached hydrogens (tertiary/aromatic N) is 1. The molecule has 1 aromatic carbocycles. The normalized spacial score (nSPS) is 18.7. The largest absolute Gasteiger partial charge is 0.353 e. The first-order valence-corrected chi connectivity index (χ1v) is 8.32. The average Bonchev–Trinajstić information content (AvgIpc) is 2.45. The van der Waals surface area contributed by atoms with Crippen molar-refractivity contribution in [2.75, 3.05) is 19.3 Å². The molecule has 0 saturated carbocycles. The molecule has 6 heteroatoms. The second kappa shape index (κ2) is 7.71. The van der Waals surface area contributed by atoms with Gasteiger partial charge in [-0.15, -0.1) is 11.8 Å². The SMILES string of the molecule is CN1CC[C@@H](NC(=O)CCSc2ccc(Cl)cc2)CC1=O. The standard InChI is InChI=1S/C15H19ClN2O2S/c1-18-8-6-12(10-15(18)20)17-14(19)7-9-21-13-4-2-11(16)3-5-13/h2-5,12H,6-10H2,1H3,(H,17,19)/t12-/m1/s1. The summed E-state index contributed by atoms with van der Waals surface area (Å²) in [6.45, 7) is 0.712. The van der Waals surface area contributed by atoms with Crippen LogP contribution in [-0.2, 0) is 9.59 Å². The first-order chi connectivity index (χ1) is 10.0. The second-order valence-corrected chi connectivity index (χ2v) is 6.73. The Morgan fingerprint density at radius 1 is 1.43 bits per heavy atom. The highest BCUT2D eigenvalue weighted by atomic mass is 35.5. The van der Waals surface area contributed by atoms with Crippen LogP contribution in [-0.4, -0.2) is 42.1 Å². The molecule has 1 aliphatic heterocycles. The Morgan fingerprint density at radius 2 is 2.14 bits per heavy atom. The van der Waals surface area contributed by atoms with Crippen LogP contribution in [0.15, 0.2) is 29.2 Å². The van der Waals surface area contributed by atoms with Crippen LogP contribution in [0.5, 0.6) is 0 Å². The smallest absolute Gasteiger partial charge is 0.224 e. The molecular formula is C15H19ClN2O2S. The van der Waals surface area contributed by atoms with Crippen LogP contribution in [0.3, 0.4) is 0 Å². The molecule has 21 heavy (non-hydrogen) atoms. The number of amides is 2. The Morgan fingerprint density at radius 3 is 2.81 bits per heavy atom. The van der Waals surface area contributed by atoms with Crippen LogP contribution in [0.1, 0.15) is 19.3 Å². The Hall–Kier alpha value is -1.20. The summed E-state index contributed by atoms with van der Waals surface area (Å²) in [6, 6.07) is 7.56. The lowest BCUT2D eigenvalue weighted by Gasteiger charge is -2.29. The summed E-state index contributed by atoms with van der Waals surface area (Å²) in [5, 5.41) is 3.66. The van der Waals surface area contributed by atoms with Gasteiger partial charge in [0.15, 0.2) is 0 Å². The zero-order chi connectivity index (χ0) is 15.2. The predicted octanol–water partition coefficient (Wildman–Crippen LogP) is 2.56. The molecule has 2 rings (SSSR count). The quantitative estimate of drug-likeness (QED) is 0.846. The van der Waals surface area contributed by atoms with E-state index in [1.165, 1.54) is 0 Å². The molecule has 0 aromatic heterocycles. The van der Waals surface area contributed by atoms with Crippen LogP contribution < -0.4 is 5.32 Å². The number of piperidine rings is 1. The predicted molar refractivity (Wildman–Crippen MR) is 85.6 cm³/mol. The highest BCUT2D eigenvalue weighted by molar-refractivity contribution is 7.99. The van der Waals surface area contributed by atoms with Gasteiger partial charge in [-0.3, -0.25) is 9.59 Å². The fraction of sp³-hybridized carbons (Fsp3) is 0.467. The van der Waals surface area contributed by atoms with Crippen molar-refractivity contribution in [3.8, 4) is 0 Å². The van der Waals surface area contributed by atoms with Crippen LogP contribution >= 0.6 is 23.4 Å². The van der Waals surface area contributed by atoms with Gasteiger partial charge < -0.3 is 10.2 Å². The van der Waals surface area contributed by atoms with Gasteiger partial charge in [0.2, 0.25) is 11.8 Å². The number of carbonyl (C=O) groups is 2. The molecule has 1 atom stereocenters. The molecule has 0 unspecified atom stereocenters. The summed E-state index contributed by atoms with van der Waals surface area (Å²) in [5.74, 6) is 0.828. The van der Waals surface area contributed by atoms with E-state index in [-0.39, 0.29) is 17.9 Å². The number of rotatable bonds is 5. The number of hydrogen-bond acceptors (Lipinski definition) is 3. The van der Waals surface area contributed by atoms with Crippen molar-refractivity contribution in [2.45, 2.75) is 30.2 Å². The maximum atomic E-state index is 11.9. The summed E-state index contributed by atoms with van der Waals surface area (Å²) in [6.07, 6.45) is 1.69. The van der Waals surface area contributed by atoms with Crippen molar-refractivity contribution >= 4 is 35.2 Å². The molecule has 1 aliphatic rings. The molecule has 1 saturated heterocycles. The van der Waals surface area contributed by atoms with E-state index in [0.717, 1.165) is 11.3 Å². The minimum atomic E-state index is -0.0123. The van der Waals surface area contributed by atoms with E-state index in [1.807, 2.05) is 24.3 Å². The Balaban J connectivity index is 1.68. The number of benzene rings is 1. The number of nitrogens with one attached hydrogen (secondary N) is 1. The van der Waals surface area contributed by atoms with Gasteiger partial charge in [-0.1, -0.05) is 11.6 Å². The summed E-state index contributed by atoms with van der Waals surface area (Å²) in [7, 11) is 1.79. The average molecular weight is 327 g/mol. The molecular weight excluding hydrogens is 308 g/mol. The maximum absolute atomic E-state index is 11.9. The number of carbonyl (C=O) groups excluding carboxylic acids is 2. The zero-order valence-corrected chi connectivity index (χ0v) is 13.5. The lowest BCUT2D eigenvalue weighted by molar-refractivity contribution is -0.133. The Kier molecular flexibility index (Phi) is 5.94. The lowest BCUT2D eigenvalue weighted by atomic mass is 10.0. The molecule has 0 aliphatic carbocycles. The number of thioether (sulfide) groups is 1. The van der Waals surface area contributed by atoms with E-state index >= 15 is 0 Å². The number of hydrogen-bond donors (Lipinski definition) is 1. The van der Waals surface area contributed by atoms with Crippen molar-refractivity contribution < 1.29 is 9.59 Å². The van der Waals surface area contributed by atoms with Gasteiger partial charge in [-0.2, -0.15) is 0 Å². The third-order valence-corrected chi connectivity index (χ3v) is 4.70. The summed E-state index contributed by atoms with van der Waals surface area (Å²) >= 11 is 7.45. The van der Waals surface area contributed by atoms with Crippen molar-refractivity contribution in [1.29, 1.82) is 0 Å². The summed E-state index contributed by atoms with van der Waals surface area (Å²) in [5.41, 5.74) is 0. The van der Waals surface area contributed by atoms with Crippen LogP contribution in [0.25, 0.3) is 0 Å². The zero-order valence-electron chi connectivity index (χ0n) is 12.0. The van der Waals surface area contributed by atoms with Gasteiger partial charge in [0.1, 0.15) is 0 Å². The molecule has 4 nitrogen and oxygen atoms in total. The van der Waals surface area contributed by atoms with E-state index in [1.54, 1.807) is 23.7 Å². The summed E-state index contributed by atoms with van der Waals surface area (Å²) in [4.78, 5) is 26.3. The first kappa shape index (κ1) is 16.2. The van der Waals surface area contributed by atoms with E-state index < -0.39 is 0 Å². The van der Waals surface area contributed by atoms with Gasteiger partial charge in [-0.25, -0.2) is 0 Å². The number of likely N-dealkylation sites (tertiary alicyclic amines) is 1. The molecule has 1 fully saturated rings. The molecule has 0 spiro atoms. The first-order valence-electron chi connectivity index (χ1n) is 6.96. The Labute approximate surface area is 134 Å². The van der Waals surface area contributed by atoms with Crippen LogP contribution in [0, 0.1) is 0 Å². The Bertz CT molecular complexity index is 507. The fourth-order valence-corrected chi connectivity index (χ4v) is 3.14. The third kappa shape index (κ3) is 5.25. The fourth-order valence-electron chi connectivity index (χ4n) is 2.16. The van der Waals surface area contributed by atoms with Gasteiger partial charge in [-0.05, 0) is 30.7 Å². The maximum Gasteiger partial charge on any atom is 0.224 e. The summed E-state index contributed by atoms with van der Waals surface area (Å²) < 4.78 is 0. The molecule has 1 aromatic rings. The van der Waals surface area contributed by atoms with Gasteiger partial charge in [0, 0.05) is 48.1 Å². The molecule has 1 N–H and O–H groups in total. The minimum absolute atomic E-state index is 0.0123.